The molecule has 96 valence electrons. The fraction of sp³-hybridized carbons (Fsp3) is 0.818. The van der Waals surface area contributed by atoms with Gasteiger partial charge in [-0.05, 0) is 0 Å². The van der Waals surface area contributed by atoms with Crippen molar-refractivity contribution in [2.24, 2.45) is 5.73 Å². The van der Waals surface area contributed by atoms with Crippen molar-refractivity contribution in [1.29, 1.82) is 5.26 Å². The van der Waals surface area contributed by atoms with Gasteiger partial charge in [-0.1, -0.05) is 0 Å². The zero-order valence-electron chi connectivity index (χ0n) is 10.1. The predicted octanol–water partition coefficient (Wildman–Crippen LogP) is -0.980. The summed E-state index contributed by atoms with van der Waals surface area (Å²) in [5.74, 6) is -0.0893. The molecule has 1 amide bonds. The van der Waals surface area contributed by atoms with Gasteiger partial charge in [-0.2, -0.15) is 5.26 Å². The fourth-order valence-electron chi connectivity index (χ4n) is 1.76. The van der Waals surface area contributed by atoms with Crippen LogP contribution in [-0.2, 0) is 9.53 Å². The fourth-order valence-corrected chi connectivity index (χ4v) is 1.76. The second kappa shape index (κ2) is 8.01. The Labute approximate surface area is 102 Å². The van der Waals surface area contributed by atoms with Gasteiger partial charge in [-0.3, -0.25) is 9.69 Å². The van der Waals surface area contributed by atoms with Crippen LogP contribution in [0, 0.1) is 11.3 Å². The van der Waals surface area contributed by atoms with Gasteiger partial charge < -0.3 is 15.4 Å². The molecule has 0 unspecified atom stereocenters. The first-order chi connectivity index (χ1) is 8.27. The summed E-state index contributed by atoms with van der Waals surface area (Å²) in [5, 5.41) is 8.54. The highest BCUT2D eigenvalue weighted by Gasteiger charge is 2.15. The zero-order valence-corrected chi connectivity index (χ0v) is 10.1. The number of hydrogen-bond acceptors (Lipinski definition) is 5. The van der Waals surface area contributed by atoms with E-state index in [0.717, 1.165) is 32.8 Å². The summed E-state index contributed by atoms with van der Waals surface area (Å²) in [6.45, 7) is 5.25. The highest BCUT2D eigenvalue weighted by atomic mass is 16.5. The third-order valence-electron chi connectivity index (χ3n) is 2.81. The number of rotatable bonds is 6. The van der Waals surface area contributed by atoms with Gasteiger partial charge in [-0.25, -0.2) is 0 Å². The average Bonchev–Trinajstić information content (AvgIpc) is 2.39. The maximum atomic E-state index is 11.5. The van der Waals surface area contributed by atoms with Crippen molar-refractivity contribution in [3.05, 3.63) is 0 Å². The number of carbonyl (C=O) groups excluding carboxylic acids is 1. The maximum Gasteiger partial charge on any atom is 0.236 e. The zero-order chi connectivity index (χ0) is 12.5. The second-order valence-electron chi connectivity index (χ2n) is 3.95. The Bertz CT molecular complexity index is 271. The summed E-state index contributed by atoms with van der Waals surface area (Å²) < 4.78 is 5.25. The van der Waals surface area contributed by atoms with Crippen LogP contribution in [0.5, 0.6) is 0 Å². The summed E-state index contributed by atoms with van der Waals surface area (Å²) in [5.41, 5.74) is 5.35. The molecule has 17 heavy (non-hydrogen) atoms. The molecule has 0 aromatic carbocycles. The quantitative estimate of drug-likeness (QED) is 0.645. The first-order valence-corrected chi connectivity index (χ1v) is 5.93. The van der Waals surface area contributed by atoms with Crippen LogP contribution in [0.1, 0.15) is 6.42 Å². The Hall–Kier alpha value is -1.16. The Balaban J connectivity index is 2.31. The van der Waals surface area contributed by atoms with Crippen LogP contribution in [0.3, 0.4) is 0 Å². The number of nitrogens with two attached hydrogens (primary N) is 1. The number of carbonyl (C=O) groups is 1. The summed E-state index contributed by atoms with van der Waals surface area (Å²) in [6.07, 6.45) is 0.356. The van der Waals surface area contributed by atoms with E-state index in [1.807, 2.05) is 6.07 Å². The summed E-state index contributed by atoms with van der Waals surface area (Å²) in [7, 11) is 0. The minimum atomic E-state index is -0.0893. The monoisotopic (exact) mass is 240 g/mol. The van der Waals surface area contributed by atoms with E-state index < -0.39 is 0 Å². The Morgan fingerprint density at radius 1 is 1.41 bits per heavy atom. The molecule has 1 saturated heterocycles. The summed E-state index contributed by atoms with van der Waals surface area (Å²) in [4.78, 5) is 15.5. The van der Waals surface area contributed by atoms with Gasteiger partial charge in [0.1, 0.15) is 0 Å². The van der Waals surface area contributed by atoms with Crippen molar-refractivity contribution >= 4 is 5.91 Å². The molecule has 0 radical (unpaired) electrons. The van der Waals surface area contributed by atoms with Crippen LogP contribution in [0.2, 0.25) is 0 Å². The minimum Gasteiger partial charge on any atom is -0.379 e. The molecule has 0 aliphatic carbocycles. The number of morpholine rings is 1. The van der Waals surface area contributed by atoms with E-state index in [9.17, 15) is 4.79 Å². The van der Waals surface area contributed by atoms with E-state index in [2.05, 4.69) is 4.90 Å². The lowest BCUT2D eigenvalue weighted by Gasteiger charge is -2.29. The van der Waals surface area contributed by atoms with Gasteiger partial charge in [0.25, 0.3) is 0 Å². The van der Waals surface area contributed by atoms with E-state index in [1.54, 1.807) is 4.90 Å². The summed E-state index contributed by atoms with van der Waals surface area (Å²) >= 11 is 0. The van der Waals surface area contributed by atoms with Crippen LogP contribution in [0.15, 0.2) is 0 Å². The normalized spacial score (nSPS) is 16.5. The van der Waals surface area contributed by atoms with Gasteiger partial charge in [0.15, 0.2) is 0 Å². The van der Waals surface area contributed by atoms with E-state index in [4.69, 9.17) is 15.7 Å². The molecule has 0 spiro atoms. The van der Waals surface area contributed by atoms with Crippen LogP contribution in [-0.4, -0.2) is 68.2 Å². The van der Waals surface area contributed by atoms with Crippen molar-refractivity contribution in [2.45, 2.75) is 6.42 Å². The number of nitriles is 1. The summed E-state index contributed by atoms with van der Waals surface area (Å²) in [6, 6.07) is 2.05. The molecular weight excluding hydrogens is 220 g/mol. The Morgan fingerprint density at radius 3 is 2.71 bits per heavy atom. The van der Waals surface area contributed by atoms with Crippen LogP contribution in [0.25, 0.3) is 0 Å². The lowest BCUT2D eigenvalue weighted by Crippen LogP contribution is -2.44. The molecule has 0 aromatic heterocycles. The van der Waals surface area contributed by atoms with E-state index in [1.165, 1.54) is 0 Å². The molecule has 0 bridgehead atoms. The molecule has 1 fully saturated rings. The maximum absolute atomic E-state index is 11.5. The lowest BCUT2D eigenvalue weighted by atomic mass is 10.3. The highest BCUT2D eigenvalue weighted by molar-refractivity contribution is 5.78. The third-order valence-corrected chi connectivity index (χ3v) is 2.81. The molecule has 1 heterocycles. The van der Waals surface area contributed by atoms with Gasteiger partial charge in [-0.15, -0.1) is 0 Å². The molecule has 1 aliphatic rings. The smallest absolute Gasteiger partial charge is 0.236 e. The predicted molar refractivity (Wildman–Crippen MR) is 63.1 cm³/mol. The van der Waals surface area contributed by atoms with Crippen molar-refractivity contribution in [3.63, 3.8) is 0 Å². The molecule has 0 aromatic rings. The van der Waals surface area contributed by atoms with Crippen molar-refractivity contribution in [2.75, 3.05) is 52.5 Å². The molecule has 1 aliphatic heterocycles. The van der Waals surface area contributed by atoms with E-state index >= 15 is 0 Å². The highest BCUT2D eigenvalue weighted by Crippen LogP contribution is 1.99. The first-order valence-electron chi connectivity index (χ1n) is 5.93. The van der Waals surface area contributed by atoms with Crippen molar-refractivity contribution in [1.82, 2.24) is 9.80 Å². The minimum absolute atomic E-state index is 0.00847. The number of ether oxygens (including phenoxy) is 1. The molecule has 6 heteroatoms. The SMILES string of the molecule is N#CCCN(CCN1CCOCC1)C(=O)CN. The average molecular weight is 240 g/mol. The Kier molecular flexibility index (Phi) is 6.55. The largest absolute Gasteiger partial charge is 0.379 e. The standard InChI is InChI=1S/C11H20N4O2/c12-2-1-3-15(11(16)10-13)5-4-14-6-8-17-9-7-14/h1,3-10,13H2. The van der Waals surface area contributed by atoms with E-state index in [-0.39, 0.29) is 12.5 Å². The van der Waals surface area contributed by atoms with Crippen LogP contribution >= 0.6 is 0 Å². The molecule has 0 saturated carbocycles. The van der Waals surface area contributed by atoms with E-state index in [0.29, 0.717) is 19.5 Å². The number of nitrogens with zero attached hydrogens (tertiary/aromatic N) is 3. The molecule has 6 nitrogen and oxygen atoms in total. The van der Waals surface area contributed by atoms with Gasteiger partial charge >= 0.3 is 0 Å². The van der Waals surface area contributed by atoms with Gasteiger partial charge in [0, 0.05) is 32.7 Å². The first kappa shape index (κ1) is 13.9. The van der Waals surface area contributed by atoms with Crippen molar-refractivity contribution < 1.29 is 9.53 Å². The Morgan fingerprint density at radius 2 is 2.12 bits per heavy atom. The van der Waals surface area contributed by atoms with Gasteiger partial charge in [0.2, 0.25) is 5.91 Å². The second-order valence-corrected chi connectivity index (χ2v) is 3.95. The molecule has 1 rings (SSSR count). The van der Waals surface area contributed by atoms with Crippen LogP contribution < -0.4 is 5.73 Å². The molecule has 0 atom stereocenters. The van der Waals surface area contributed by atoms with Gasteiger partial charge in [0.05, 0.1) is 32.2 Å². The lowest BCUT2D eigenvalue weighted by molar-refractivity contribution is -0.130. The number of hydrogen-bond donors (Lipinski definition) is 1. The molecule has 2 N–H and O–H groups in total. The van der Waals surface area contributed by atoms with Crippen LogP contribution in [0.4, 0.5) is 0 Å². The van der Waals surface area contributed by atoms with Crippen molar-refractivity contribution in [3.8, 4) is 6.07 Å². The number of amides is 1. The topological polar surface area (TPSA) is 82.6 Å². The molecular formula is C11H20N4O2. The third kappa shape index (κ3) is 5.13.